The molecule has 0 aliphatic carbocycles. The van der Waals surface area contributed by atoms with Crippen LogP contribution >= 0.6 is 0 Å². The minimum Gasteiger partial charge on any atom is -0.502 e. The molecule has 2 rings (SSSR count). The Morgan fingerprint density at radius 3 is 2.27 bits per heavy atom. The zero-order chi connectivity index (χ0) is 16.3. The molecule has 2 aromatic rings. The fraction of sp³-hybridized carbons (Fsp3) is 0. The van der Waals surface area contributed by atoms with Crippen molar-refractivity contribution >= 4 is 21.6 Å². The highest BCUT2D eigenvalue weighted by atomic mass is 32.2. The van der Waals surface area contributed by atoms with E-state index in [0.29, 0.717) is 6.08 Å². The number of H-pyrrole nitrogens is 1. The number of allylic oxidation sites excluding steroid dienone is 1. The number of carboxylic acids is 1. The summed E-state index contributed by atoms with van der Waals surface area (Å²) in [6, 6.07) is 7.48. The SMILES string of the molecule is O=C(O)/C(O)=C/C(=O)c1c[nH]cc1S(=O)(=O)c1ccccc1. The number of carboxylic acid groups (broad SMARTS) is 1. The Bertz CT molecular complexity index is 848. The van der Waals surface area contributed by atoms with E-state index < -0.39 is 27.3 Å². The number of hydrogen-bond acceptors (Lipinski definition) is 5. The molecule has 0 unspecified atom stereocenters. The van der Waals surface area contributed by atoms with Crippen LogP contribution in [0, 0.1) is 0 Å². The fourth-order valence-electron chi connectivity index (χ4n) is 1.75. The molecule has 0 amide bonds. The van der Waals surface area contributed by atoms with Gasteiger partial charge in [0, 0.05) is 18.5 Å². The number of sulfone groups is 1. The van der Waals surface area contributed by atoms with E-state index in [2.05, 4.69) is 4.98 Å². The van der Waals surface area contributed by atoms with Crippen molar-refractivity contribution in [3.05, 3.63) is 60.1 Å². The molecule has 0 atom stereocenters. The second-order valence-corrected chi connectivity index (χ2v) is 6.17. The normalized spacial score (nSPS) is 12.1. The molecule has 0 spiro atoms. The number of carbonyl (C=O) groups is 2. The van der Waals surface area contributed by atoms with Crippen molar-refractivity contribution in [3.8, 4) is 0 Å². The van der Waals surface area contributed by atoms with E-state index in [9.17, 15) is 18.0 Å². The molecule has 0 radical (unpaired) electrons. The van der Waals surface area contributed by atoms with Crippen LogP contribution in [0.4, 0.5) is 0 Å². The Labute approximate surface area is 125 Å². The summed E-state index contributed by atoms with van der Waals surface area (Å²) in [5.41, 5.74) is -0.253. The van der Waals surface area contributed by atoms with E-state index in [1.54, 1.807) is 6.07 Å². The Hall–Kier alpha value is -2.87. The molecule has 7 nitrogen and oxygen atoms in total. The number of aromatic nitrogens is 1. The van der Waals surface area contributed by atoms with Crippen LogP contribution in [-0.2, 0) is 14.6 Å². The van der Waals surface area contributed by atoms with Gasteiger partial charge in [-0.3, -0.25) is 4.79 Å². The van der Waals surface area contributed by atoms with Crippen molar-refractivity contribution in [2.45, 2.75) is 9.79 Å². The van der Waals surface area contributed by atoms with Crippen LogP contribution in [0.25, 0.3) is 0 Å². The molecule has 114 valence electrons. The first-order chi connectivity index (χ1) is 10.3. The number of aliphatic hydroxyl groups excluding tert-OH is 1. The maximum atomic E-state index is 12.5. The number of hydrogen-bond donors (Lipinski definition) is 3. The van der Waals surface area contributed by atoms with Crippen LogP contribution in [0.5, 0.6) is 0 Å². The second kappa shape index (κ2) is 5.86. The topological polar surface area (TPSA) is 125 Å². The monoisotopic (exact) mass is 321 g/mol. The lowest BCUT2D eigenvalue weighted by Gasteiger charge is -2.04. The minimum absolute atomic E-state index is 0.00455. The third kappa shape index (κ3) is 2.91. The van der Waals surface area contributed by atoms with Gasteiger partial charge >= 0.3 is 5.97 Å². The Balaban J connectivity index is 2.49. The number of aromatic amines is 1. The Kier molecular flexibility index (Phi) is 4.13. The van der Waals surface area contributed by atoms with E-state index in [-0.39, 0.29) is 15.4 Å². The van der Waals surface area contributed by atoms with E-state index in [0.717, 1.165) is 12.4 Å². The lowest BCUT2D eigenvalue weighted by atomic mass is 10.2. The smallest absolute Gasteiger partial charge is 0.371 e. The standard InChI is InChI=1S/C14H11NO6S/c16-11(6-12(17)14(18)19)10-7-15-8-13(10)22(20,21)9-4-2-1-3-5-9/h1-8,15,17H,(H,18,19)/b12-6-. The van der Waals surface area contributed by atoms with Gasteiger partial charge in [-0.05, 0) is 12.1 Å². The molecule has 0 aliphatic heterocycles. The molecule has 3 N–H and O–H groups in total. The highest BCUT2D eigenvalue weighted by Crippen LogP contribution is 2.24. The molecule has 0 aliphatic rings. The first kappa shape index (κ1) is 15.5. The largest absolute Gasteiger partial charge is 0.502 e. The zero-order valence-electron chi connectivity index (χ0n) is 11.1. The summed E-state index contributed by atoms with van der Waals surface area (Å²) in [4.78, 5) is 24.6. The molecule has 1 aromatic heterocycles. The summed E-state index contributed by atoms with van der Waals surface area (Å²) < 4.78 is 24.9. The van der Waals surface area contributed by atoms with Crippen LogP contribution in [0.2, 0.25) is 0 Å². The molecular weight excluding hydrogens is 310 g/mol. The number of nitrogens with one attached hydrogen (secondary N) is 1. The van der Waals surface area contributed by atoms with Crippen molar-refractivity contribution in [1.29, 1.82) is 0 Å². The first-order valence-electron chi connectivity index (χ1n) is 5.99. The van der Waals surface area contributed by atoms with Crippen LogP contribution in [0.3, 0.4) is 0 Å². The van der Waals surface area contributed by atoms with Gasteiger partial charge in [-0.15, -0.1) is 0 Å². The average Bonchev–Trinajstić information content (AvgIpc) is 2.98. The fourth-order valence-corrected chi connectivity index (χ4v) is 3.20. The number of ketones is 1. The van der Waals surface area contributed by atoms with E-state index in [1.807, 2.05) is 0 Å². The summed E-state index contributed by atoms with van der Waals surface area (Å²) in [6.07, 6.45) is 2.71. The highest BCUT2D eigenvalue weighted by molar-refractivity contribution is 7.91. The van der Waals surface area contributed by atoms with Crippen LogP contribution in [0.1, 0.15) is 10.4 Å². The Morgan fingerprint density at radius 2 is 1.68 bits per heavy atom. The number of aliphatic hydroxyl groups is 1. The van der Waals surface area contributed by atoms with E-state index >= 15 is 0 Å². The van der Waals surface area contributed by atoms with Crippen molar-refractivity contribution in [2.24, 2.45) is 0 Å². The predicted molar refractivity (Wildman–Crippen MR) is 75.4 cm³/mol. The maximum Gasteiger partial charge on any atom is 0.371 e. The Morgan fingerprint density at radius 1 is 1.05 bits per heavy atom. The highest BCUT2D eigenvalue weighted by Gasteiger charge is 2.25. The lowest BCUT2D eigenvalue weighted by Crippen LogP contribution is -2.08. The van der Waals surface area contributed by atoms with Gasteiger partial charge in [0.2, 0.25) is 15.6 Å². The van der Waals surface area contributed by atoms with Crippen molar-refractivity contribution in [1.82, 2.24) is 4.98 Å². The lowest BCUT2D eigenvalue weighted by molar-refractivity contribution is -0.135. The minimum atomic E-state index is -3.94. The molecular formula is C14H11NO6S. The molecule has 0 fully saturated rings. The molecule has 1 aromatic carbocycles. The molecule has 1 heterocycles. The van der Waals surface area contributed by atoms with Gasteiger partial charge < -0.3 is 15.2 Å². The first-order valence-corrected chi connectivity index (χ1v) is 7.47. The third-order valence-corrected chi connectivity index (χ3v) is 4.61. The number of carbonyl (C=O) groups excluding carboxylic acids is 1. The predicted octanol–water partition coefficient (Wildman–Crippen LogP) is 1.56. The van der Waals surface area contributed by atoms with Crippen molar-refractivity contribution in [2.75, 3.05) is 0 Å². The van der Waals surface area contributed by atoms with Gasteiger partial charge in [-0.2, -0.15) is 0 Å². The third-order valence-electron chi connectivity index (χ3n) is 2.80. The van der Waals surface area contributed by atoms with Crippen LogP contribution in [-0.4, -0.2) is 35.4 Å². The molecule has 8 heteroatoms. The van der Waals surface area contributed by atoms with Gasteiger partial charge in [0.05, 0.1) is 10.5 Å². The van der Waals surface area contributed by atoms with Crippen molar-refractivity contribution in [3.63, 3.8) is 0 Å². The van der Waals surface area contributed by atoms with Gasteiger partial charge in [0.1, 0.15) is 4.90 Å². The molecule has 0 bridgehead atoms. The second-order valence-electron chi connectivity index (χ2n) is 4.25. The number of rotatable bonds is 5. The summed E-state index contributed by atoms with van der Waals surface area (Å²) in [5, 5.41) is 17.6. The summed E-state index contributed by atoms with van der Waals surface area (Å²) in [6.45, 7) is 0. The van der Waals surface area contributed by atoms with Crippen LogP contribution in [0.15, 0.2) is 64.4 Å². The number of aliphatic carboxylic acids is 1. The molecule has 0 saturated carbocycles. The van der Waals surface area contributed by atoms with Crippen LogP contribution < -0.4 is 0 Å². The summed E-state index contributed by atoms with van der Waals surface area (Å²) in [5.74, 6) is -3.79. The number of benzene rings is 1. The van der Waals surface area contributed by atoms with Gasteiger partial charge in [-0.1, -0.05) is 18.2 Å². The molecule has 22 heavy (non-hydrogen) atoms. The zero-order valence-corrected chi connectivity index (χ0v) is 11.9. The summed E-state index contributed by atoms with van der Waals surface area (Å²) in [7, 11) is -3.94. The summed E-state index contributed by atoms with van der Waals surface area (Å²) >= 11 is 0. The van der Waals surface area contributed by atoms with Gasteiger partial charge in [0.25, 0.3) is 0 Å². The van der Waals surface area contributed by atoms with E-state index in [4.69, 9.17) is 10.2 Å². The quantitative estimate of drug-likeness (QED) is 0.436. The molecule has 0 saturated heterocycles. The van der Waals surface area contributed by atoms with Crippen molar-refractivity contribution < 1.29 is 28.2 Å². The maximum absolute atomic E-state index is 12.5. The van der Waals surface area contributed by atoms with Gasteiger partial charge in [-0.25, -0.2) is 13.2 Å². The van der Waals surface area contributed by atoms with E-state index in [1.165, 1.54) is 24.3 Å². The van der Waals surface area contributed by atoms with Gasteiger partial charge in [0.15, 0.2) is 5.78 Å². The average molecular weight is 321 g/mol.